The minimum atomic E-state index is 0.234. The van der Waals surface area contributed by atoms with E-state index in [0.717, 1.165) is 56.0 Å². The number of piperazine rings is 1. The van der Waals surface area contributed by atoms with E-state index in [1.54, 1.807) is 0 Å². The molecule has 0 N–H and O–H groups in total. The summed E-state index contributed by atoms with van der Waals surface area (Å²) in [5.41, 5.74) is 3.43. The fourth-order valence-corrected chi connectivity index (χ4v) is 4.20. The zero-order valence-corrected chi connectivity index (χ0v) is 19.6. The van der Waals surface area contributed by atoms with Gasteiger partial charge in [0.2, 0.25) is 5.91 Å². The second-order valence-corrected chi connectivity index (χ2v) is 9.57. The number of benzene rings is 2. The molecular weight excluding hydrogens is 384 g/mol. The normalized spacial score (nSPS) is 15.0. The molecule has 3 rings (SSSR count). The summed E-state index contributed by atoms with van der Waals surface area (Å²) in [7, 11) is 0. The van der Waals surface area contributed by atoms with E-state index in [0.29, 0.717) is 24.9 Å². The van der Waals surface area contributed by atoms with Gasteiger partial charge in [0.05, 0.1) is 6.42 Å². The zero-order valence-electron chi connectivity index (χ0n) is 19.6. The van der Waals surface area contributed by atoms with Crippen molar-refractivity contribution in [2.45, 2.75) is 47.1 Å². The summed E-state index contributed by atoms with van der Waals surface area (Å²) in [5, 5.41) is 0. The Balaban J connectivity index is 1.61. The van der Waals surface area contributed by atoms with Gasteiger partial charge in [-0.2, -0.15) is 0 Å². The highest BCUT2D eigenvalue weighted by molar-refractivity contribution is 5.79. The minimum absolute atomic E-state index is 0.234. The molecule has 168 valence electrons. The van der Waals surface area contributed by atoms with Gasteiger partial charge in [0, 0.05) is 32.7 Å². The van der Waals surface area contributed by atoms with E-state index in [2.05, 4.69) is 56.9 Å². The predicted molar refractivity (Wildman–Crippen MR) is 127 cm³/mol. The smallest absolute Gasteiger partial charge is 0.227 e. The number of nitrogens with zero attached hydrogens (tertiary/aromatic N) is 2. The fourth-order valence-electron chi connectivity index (χ4n) is 4.20. The zero-order chi connectivity index (χ0) is 22.2. The van der Waals surface area contributed by atoms with Crippen molar-refractivity contribution in [2.75, 3.05) is 32.7 Å². The second-order valence-electron chi connectivity index (χ2n) is 9.57. The Morgan fingerprint density at radius 3 is 2.26 bits per heavy atom. The Morgan fingerprint density at radius 1 is 0.903 bits per heavy atom. The van der Waals surface area contributed by atoms with E-state index in [4.69, 9.17) is 4.74 Å². The maximum Gasteiger partial charge on any atom is 0.227 e. The van der Waals surface area contributed by atoms with E-state index in [1.165, 1.54) is 5.56 Å². The number of hydrogen-bond donors (Lipinski definition) is 0. The average Bonchev–Trinajstić information content (AvgIpc) is 2.73. The van der Waals surface area contributed by atoms with Crippen LogP contribution in [0, 0.1) is 11.8 Å². The first-order valence-corrected chi connectivity index (χ1v) is 11.7. The van der Waals surface area contributed by atoms with Crippen molar-refractivity contribution in [3.8, 4) is 5.75 Å². The molecule has 2 aromatic carbocycles. The molecule has 0 bridgehead atoms. The molecule has 4 nitrogen and oxygen atoms in total. The van der Waals surface area contributed by atoms with Gasteiger partial charge in [0.15, 0.2) is 0 Å². The average molecular weight is 423 g/mol. The van der Waals surface area contributed by atoms with Gasteiger partial charge in [-0.25, -0.2) is 0 Å². The van der Waals surface area contributed by atoms with Gasteiger partial charge in [-0.3, -0.25) is 9.69 Å². The molecule has 1 aliphatic rings. The Labute approximate surface area is 188 Å². The maximum atomic E-state index is 12.9. The number of ether oxygens (including phenoxy) is 1. The molecule has 1 amide bonds. The predicted octanol–water partition coefficient (Wildman–Crippen LogP) is 4.81. The molecule has 0 radical (unpaired) electrons. The number of carbonyl (C=O) groups is 1. The lowest BCUT2D eigenvalue weighted by Crippen LogP contribution is -2.49. The number of amides is 1. The van der Waals surface area contributed by atoms with Crippen molar-refractivity contribution in [3.63, 3.8) is 0 Å². The Kier molecular flexibility index (Phi) is 8.53. The molecular formula is C27H38N2O2. The van der Waals surface area contributed by atoms with E-state index >= 15 is 0 Å². The Bertz CT molecular complexity index is 824. The molecule has 1 saturated heterocycles. The summed E-state index contributed by atoms with van der Waals surface area (Å²) in [5.74, 6) is 2.36. The highest BCUT2D eigenvalue weighted by atomic mass is 16.5. The van der Waals surface area contributed by atoms with Crippen LogP contribution in [0.15, 0.2) is 48.5 Å². The van der Waals surface area contributed by atoms with Crippen molar-refractivity contribution in [1.29, 1.82) is 0 Å². The van der Waals surface area contributed by atoms with Gasteiger partial charge in [-0.05, 0) is 41.0 Å². The molecule has 4 heteroatoms. The lowest BCUT2D eigenvalue weighted by Gasteiger charge is -2.35. The van der Waals surface area contributed by atoms with E-state index in [-0.39, 0.29) is 5.91 Å². The standard InChI is InChI=1S/C27H38N2O2/c1-21(2)16-25-17-24(10-11-26(25)31-20-23-8-6-5-7-9-23)18-27(30)29-14-12-28(13-15-29)19-22(3)4/h5-11,17,21-22H,12-16,18-20H2,1-4H3. The summed E-state index contributed by atoms with van der Waals surface area (Å²) in [6.07, 6.45) is 1.41. The summed E-state index contributed by atoms with van der Waals surface area (Å²) >= 11 is 0. The van der Waals surface area contributed by atoms with E-state index < -0.39 is 0 Å². The van der Waals surface area contributed by atoms with Gasteiger partial charge >= 0.3 is 0 Å². The second kappa shape index (κ2) is 11.3. The number of rotatable bonds is 9. The molecule has 0 spiro atoms. The molecule has 2 aromatic rings. The third-order valence-electron chi connectivity index (χ3n) is 5.69. The molecule has 1 heterocycles. The van der Waals surface area contributed by atoms with Gasteiger partial charge < -0.3 is 9.64 Å². The highest BCUT2D eigenvalue weighted by Gasteiger charge is 2.22. The molecule has 1 fully saturated rings. The molecule has 31 heavy (non-hydrogen) atoms. The number of carbonyl (C=O) groups excluding carboxylic acids is 1. The van der Waals surface area contributed by atoms with E-state index in [1.807, 2.05) is 29.2 Å². The molecule has 0 aliphatic carbocycles. The molecule has 0 atom stereocenters. The van der Waals surface area contributed by atoms with Crippen molar-refractivity contribution in [3.05, 3.63) is 65.2 Å². The van der Waals surface area contributed by atoms with Crippen LogP contribution in [0.2, 0.25) is 0 Å². The van der Waals surface area contributed by atoms with Crippen LogP contribution < -0.4 is 4.74 Å². The quantitative estimate of drug-likeness (QED) is 0.582. The number of hydrogen-bond acceptors (Lipinski definition) is 3. The highest BCUT2D eigenvalue weighted by Crippen LogP contribution is 2.25. The fraction of sp³-hybridized carbons (Fsp3) is 0.519. The third-order valence-corrected chi connectivity index (χ3v) is 5.69. The van der Waals surface area contributed by atoms with Crippen LogP contribution >= 0.6 is 0 Å². The van der Waals surface area contributed by atoms with Gasteiger partial charge in [-0.15, -0.1) is 0 Å². The summed E-state index contributed by atoms with van der Waals surface area (Å²) < 4.78 is 6.14. The van der Waals surface area contributed by atoms with Crippen LogP contribution in [0.3, 0.4) is 0 Å². The largest absolute Gasteiger partial charge is 0.489 e. The lowest BCUT2D eigenvalue weighted by molar-refractivity contribution is -0.132. The topological polar surface area (TPSA) is 32.8 Å². The van der Waals surface area contributed by atoms with E-state index in [9.17, 15) is 4.79 Å². The summed E-state index contributed by atoms with van der Waals surface area (Å²) in [6, 6.07) is 16.5. The summed E-state index contributed by atoms with van der Waals surface area (Å²) in [6.45, 7) is 14.2. The first-order valence-electron chi connectivity index (χ1n) is 11.7. The van der Waals surface area contributed by atoms with Gasteiger partial charge in [0.25, 0.3) is 0 Å². The monoisotopic (exact) mass is 422 g/mol. The van der Waals surface area contributed by atoms with Crippen LogP contribution in [-0.4, -0.2) is 48.4 Å². The lowest BCUT2D eigenvalue weighted by atomic mass is 9.98. The van der Waals surface area contributed by atoms with Crippen molar-refractivity contribution < 1.29 is 9.53 Å². The van der Waals surface area contributed by atoms with Crippen LogP contribution in [0.25, 0.3) is 0 Å². The molecule has 0 unspecified atom stereocenters. The van der Waals surface area contributed by atoms with Crippen LogP contribution in [-0.2, 0) is 24.2 Å². The first-order chi connectivity index (χ1) is 14.9. The van der Waals surface area contributed by atoms with Gasteiger partial charge in [0.1, 0.15) is 12.4 Å². The van der Waals surface area contributed by atoms with Gasteiger partial charge in [-0.1, -0.05) is 70.2 Å². The van der Waals surface area contributed by atoms with Crippen LogP contribution in [0.4, 0.5) is 0 Å². The van der Waals surface area contributed by atoms with Crippen molar-refractivity contribution in [2.24, 2.45) is 11.8 Å². The van der Waals surface area contributed by atoms with Crippen LogP contribution in [0.5, 0.6) is 5.75 Å². The summed E-state index contributed by atoms with van der Waals surface area (Å²) in [4.78, 5) is 17.4. The molecule has 1 aliphatic heterocycles. The Hall–Kier alpha value is -2.33. The van der Waals surface area contributed by atoms with Crippen LogP contribution in [0.1, 0.15) is 44.4 Å². The van der Waals surface area contributed by atoms with Crippen molar-refractivity contribution >= 4 is 5.91 Å². The molecule has 0 aromatic heterocycles. The maximum absolute atomic E-state index is 12.9. The third kappa shape index (κ3) is 7.39. The first kappa shape index (κ1) is 23.3. The van der Waals surface area contributed by atoms with Crippen molar-refractivity contribution in [1.82, 2.24) is 9.80 Å². The SMILES string of the molecule is CC(C)Cc1cc(CC(=O)N2CCN(CC(C)C)CC2)ccc1OCc1ccccc1. The molecule has 0 saturated carbocycles. The Morgan fingerprint density at radius 2 is 1.61 bits per heavy atom. The minimum Gasteiger partial charge on any atom is -0.489 e.